The minimum Gasteiger partial charge on any atom is -0.491 e. The summed E-state index contributed by atoms with van der Waals surface area (Å²) in [7, 11) is 0. The first-order valence-electron chi connectivity index (χ1n) is 8.49. The molecule has 0 bridgehead atoms. The van der Waals surface area contributed by atoms with Crippen molar-refractivity contribution in [1.82, 2.24) is 10.2 Å². The van der Waals surface area contributed by atoms with Gasteiger partial charge in [0.2, 0.25) is 11.8 Å². The fourth-order valence-corrected chi connectivity index (χ4v) is 3.42. The number of nitrogens with one attached hydrogen (secondary N) is 1. The molecule has 1 fully saturated rings. The molecule has 23 heavy (non-hydrogen) atoms. The summed E-state index contributed by atoms with van der Waals surface area (Å²) in [5.74, 6) is 0.924. The van der Waals surface area contributed by atoms with Gasteiger partial charge in [-0.1, -0.05) is 25.1 Å². The molecular weight excluding hydrogens is 292 g/mol. The van der Waals surface area contributed by atoms with Gasteiger partial charge < -0.3 is 15.0 Å². The molecule has 0 aromatic heterocycles. The first kappa shape index (κ1) is 15.8. The van der Waals surface area contributed by atoms with Gasteiger partial charge in [0.1, 0.15) is 18.4 Å². The molecule has 0 saturated carbocycles. The fraction of sp³-hybridized carbons (Fsp3) is 0.556. The van der Waals surface area contributed by atoms with E-state index < -0.39 is 0 Å². The predicted octanol–water partition coefficient (Wildman–Crippen LogP) is 1.90. The van der Waals surface area contributed by atoms with Crippen molar-refractivity contribution in [2.24, 2.45) is 0 Å². The van der Waals surface area contributed by atoms with Crippen molar-refractivity contribution < 1.29 is 14.3 Å². The first-order chi connectivity index (χ1) is 11.2. The van der Waals surface area contributed by atoms with E-state index in [2.05, 4.69) is 5.32 Å². The van der Waals surface area contributed by atoms with Gasteiger partial charge in [-0.05, 0) is 37.3 Å². The Morgan fingerprint density at radius 2 is 2.13 bits per heavy atom. The van der Waals surface area contributed by atoms with Crippen molar-refractivity contribution in [3.8, 4) is 5.75 Å². The topological polar surface area (TPSA) is 58.6 Å². The monoisotopic (exact) mass is 316 g/mol. The molecule has 1 aromatic rings. The number of nitrogens with zero attached hydrogens (tertiary/aromatic N) is 1. The molecule has 2 aliphatic heterocycles. The minimum absolute atomic E-state index is 0.0297. The van der Waals surface area contributed by atoms with E-state index in [4.69, 9.17) is 4.74 Å². The van der Waals surface area contributed by atoms with E-state index in [1.54, 1.807) is 4.90 Å². The summed E-state index contributed by atoms with van der Waals surface area (Å²) in [6.45, 7) is 3.02. The molecule has 2 heterocycles. The lowest BCUT2D eigenvalue weighted by Gasteiger charge is -2.36. The molecule has 2 atom stereocenters. The van der Waals surface area contributed by atoms with E-state index in [1.165, 1.54) is 0 Å². The van der Waals surface area contributed by atoms with Crippen molar-refractivity contribution in [1.29, 1.82) is 0 Å². The normalized spacial score (nSPS) is 23.6. The zero-order chi connectivity index (χ0) is 16.2. The number of rotatable bonds is 3. The van der Waals surface area contributed by atoms with Crippen molar-refractivity contribution >= 4 is 11.8 Å². The van der Waals surface area contributed by atoms with Gasteiger partial charge in [0.15, 0.2) is 0 Å². The van der Waals surface area contributed by atoms with Crippen molar-refractivity contribution in [2.75, 3.05) is 13.2 Å². The van der Waals surface area contributed by atoms with Gasteiger partial charge in [0, 0.05) is 13.0 Å². The molecular formula is C18H24N2O3. The molecule has 1 N–H and O–H groups in total. The van der Waals surface area contributed by atoms with E-state index in [0.717, 1.165) is 37.0 Å². The van der Waals surface area contributed by atoms with Gasteiger partial charge in [-0.2, -0.15) is 0 Å². The van der Waals surface area contributed by atoms with Gasteiger partial charge in [0.05, 0.1) is 6.04 Å². The highest BCUT2D eigenvalue weighted by Crippen LogP contribution is 2.24. The maximum Gasteiger partial charge on any atom is 0.243 e. The van der Waals surface area contributed by atoms with E-state index in [-0.39, 0.29) is 23.9 Å². The second-order valence-electron chi connectivity index (χ2n) is 6.28. The summed E-state index contributed by atoms with van der Waals surface area (Å²) in [5.41, 5.74) is 1.12. The Labute approximate surface area is 137 Å². The molecule has 0 radical (unpaired) electrons. The van der Waals surface area contributed by atoms with Crippen LogP contribution in [0.25, 0.3) is 0 Å². The van der Waals surface area contributed by atoms with Crippen LogP contribution in [0.5, 0.6) is 5.75 Å². The molecule has 5 heteroatoms. The van der Waals surface area contributed by atoms with Crippen LogP contribution in [0, 0.1) is 0 Å². The Kier molecular flexibility index (Phi) is 4.84. The van der Waals surface area contributed by atoms with Crippen LogP contribution in [0.1, 0.15) is 38.2 Å². The van der Waals surface area contributed by atoms with Crippen molar-refractivity contribution in [3.63, 3.8) is 0 Å². The number of amides is 2. The minimum atomic E-state index is -0.326. The summed E-state index contributed by atoms with van der Waals surface area (Å²) in [6, 6.07) is 7.56. The van der Waals surface area contributed by atoms with Crippen molar-refractivity contribution in [3.05, 3.63) is 29.8 Å². The number of piperidine rings is 1. The number of fused-ring (bicyclic) bond motifs is 1. The van der Waals surface area contributed by atoms with Crippen molar-refractivity contribution in [2.45, 2.75) is 51.1 Å². The third-order valence-electron chi connectivity index (χ3n) is 4.65. The third kappa shape index (κ3) is 3.49. The molecule has 2 amide bonds. The fourth-order valence-electron chi connectivity index (χ4n) is 3.42. The highest BCUT2D eigenvalue weighted by Gasteiger charge is 2.33. The van der Waals surface area contributed by atoms with Crippen LogP contribution < -0.4 is 10.1 Å². The molecule has 0 aliphatic carbocycles. The summed E-state index contributed by atoms with van der Waals surface area (Å²) >= 11 is 0. The average Bonchev–Trinajstić information content (AvgIpc) is 2.61. The third-order valence-corrected chi connectivity index (χ3v) is 4.65. The second-order valence-corrected chi connectivity index (χ2v) is 6.28. The van der Waals surface area contributed by atoms with Gasteiger partial charge in [0.25, 0.3) is 0 Å². The molecule has 5 nitrogen and oxygen atoms in total. The lowest BCUT2D eigenvalue weighted by molar-refractivity contribution is -0.142. The number of likely N-dealkylation sites (tertiary alicyclic amines) is 1. The number of para-hydroxylation sites is 1. The Morgan fingerprint density at radius 3 is 2.96 bits per heavy atom. The molecule has 124 valence electrons. The van der Waals surface area contributed by atoms with Crippen LogP contribution in [0.3, 0.4) is 0 Å². The van der Waals surface area contributed by atoms with Crippen LogP contribution in [0.2, 0.25) is 0 Å². The summed E-state index contributed by atoms with van der Waals surface area (Å²) in [4.78, 5) is 26.5. The Bertz CT molecular complexity index is 587. The maximum absolute atomic E-state index is 12.6. The van der Waals surface area contributed by atoms with E-state index in [0.29, 0.717) is 19.6 Å². The van der Waals surface area contributed by atoms with E-state index >= 15 is 0 Å². The van der Waals surface area contributed by atoms with Gasteiger partial charge in [-0.3, -0.25) is 9.59 Å². The number of benzene rings is 1. The molecule has 0 unspecified atom stereocenters. The Balaban J connectivity index is 1.63. The summed E-state index contributed by atoms with van der Waals surface area (Å²) in [6.07, 6.45) is 3.95. The molecule has 1 saturated heterocycles. The van der Waals surface area contributed by atoms with Gasteiger partial charge >= 0.3 is 0 Å². The predicted molar refractivity (Wildman–Crippen MR) is 87.2 cm³/mol. The largest absolute Gasteiger partial charge is 0.491 e. The van der Waals surface area contributed by atoms with Crippen LogP contribution in [0.15, 0.2) is 24.3 Å². The molecule has 3 rings (SSSR count). The standard InChI is InChI=1S/C18H24N2O3/c1-2-17(21)20-10-6-5-8-15(20)18(22)19-14-11-13-7-3-4-9-16(13)23-12-14/h3-4,7,9,14-15H,2,5-6,8,10-12H2,1H3,(H,19,22)/t14-,15+/m0/s1. The number of carbonyl (C=O) groups excluding carboxylic acids is 2. The lowest BCUT2D eigenvalue weighted by atomic mass is 9.99. The number of carbonyl (C=O) groups is 2. The maximum atomic E-state index is 12.6. The van der Waals surface area contributed by atoms with Crippen LogP contribution in [0.4, 0.5) is 0 Å². The van der Waals surface area contributed by atoms with Crippen LogP contribution in [-0.2, 0) is 16.0 Å². The second kappa shape index (κ2) is 7.02. The molecule has 1 aromatic carbocycles. The zero-order valence-electron chi connectivity index (χ0n) is 13.6. The number of hydrogen-bond acceptors (Lipinski definition) is 3. The Hall–Kier alpha value is -2.04. The highest BCUT2D eigenvalue weighted by atomic mass is 16.5. The number of ether oxygens (including phenoxy) is 1. The lowest BCUT2D eigenvalue weighted by Crippen LogP contribution is -2.55. The van der Waals surface area contributed by atoms with E-state index in [9.17, 15) is 9.59 Å². The van der Waals surface area contributed by atoms with Gasteiger partial charge in [-0.25, -0.2) is 0 Å². The first-order valence-corrected chi connectivity index (χ1v) is 8.49. The van der Waals surface area contributed by atoms with Gasteiger partial charge in [-0.15, -0.1) is 0 Å². The van der Waals surface area contributed by atoms with Crippen LogP contribution in [-0.4, -0.2) is 41.9 Å². The zero-order valence-corrected chi connectivity index (χ0v) is 13.6. The van der Waals surface area contributed by atoms with E-state index in [1.807, 2.05) is 31.2 Å². The molecule has 0 spiro atoms. The summed E-state index contributed by atoms with van der Waals surface area (Å²) < 4.78 is 5.72. The smallest absolute Gasteiger partial charge is 0.243 e. The molecule has 2 aliphatic rings. The Morgan fingerprint density at radius 1 is 1.30 bits per heavy atom. The number of hydrogen-bond donors (Lipinski definition) is 1. The summed E-state index contributed by atoms with van der Waals surface area (Å²) in [5, 5.41) is 3.08. The van der Waals surface area contributed by atoms with Crippen LogP contribution >= 0.6 is 0 Å². The average molecular weight is 316 g/mol. The quantitative estimate of drug-likeness (QED) is 0.926. The SMILES string of the molecule is CCC(=O)N1CCCC[C@@H]1C(=O)N[C@@H]1COc2ccccc2C1. The highest BCUT2D eigenvalue weighted by molar-refractivity contribution is 5.88.